The second-order valence-corrected chi connectivity index (χ2v) is 4.85. The van der Waals surface area contributed by atoms with Crippen molar-refractivity contribution in [1.29, 1.82) is 5.26 Å². The van der Waals surface area contributed by atoms with E-state index in [1.54, 1.807) is 0 Å². The normalized spacial score (nSPS) is 18.0. The van der Waals surface area contributed by atoms with Crippen molar-refractivity contribution in [3.63, 3.8) is 0 Å². The average molecular weight is 300 g/mol. The fraction of sp³-hybridized carbons (Fsp3) is 0.545. The van der Waals surface area contributed by atoms with Crippen LogP contribution >= 0.6 is 22.6 Å². The fourth-order valence-electron chi connectivity index (χ4n) is 2.15. The van der Waals surface area contributed by atoms with Crippen LogP contribution < -0.4 is 0 Å². The van der Waals surface area contributed by atoms with E-state index in [4.69, 9.17) is 5.26 Å². The van der Waals surface area contributed by atoms with E-state index in [1.807, 2.05) is 6.07 Å². The Morgan fingerprint density at radius 3 is 2.64 bits per heavy atom. The molecule has 0 N–H and O–H groups in total. The first kappa shape index (κ1) is 10.0. The first-order valence-corrected chi connectivity index (χ1v) is 6.17. The molecule has 1 aliphatic carbocycles. The van der Waals surface area contributed by atoms with Crippen LogP contribution in [-0.4, -0.2) is 4.57 Å². The maximum absolute atomic E-state index is 8.86. The number of hydrogen-bond donors (Lipinski definition) is 0. The van der Waals surface area contributed by atoms with Crippen molar-refractivity contribution in [1.82, 2.24) is 4.57 Å². The monoisotopic (exact) mass is 300 g/mol. The summed E-state index contributed by atoms with van der Waals surface area (Å²) in [6.07, 6.45) is 8.66. The summed E-state index contributed by atoms with van der Waals surface area (Å²) in [6.45, 7) is 0. The van der Waals surface area contributed by atoms with Crippen molar-refractivity contribution in [2.75, 3.05) is 0 Å². The van der Waals surface area contributed by atoms with Crippen LogP contribution in [0.3, 0.4) is 0 Å². The lowest BCUT2D eigenvalue weighted by Gasteiger charge is -2.24. The van der Waals surface area contributed by atoms with Crippen molar-refractivity contribution in [3.8, 4) is 6.07 Å². The molecule has 1 aliphatic rings. The van der Waals surface area contributed by atoms with Crippen molar-refractivity contribution in [2.24, 2.45) is 0 Å². The average Bonchev–Trinajstić information content (AvgIpc) is 2.61. The van der Waals surface area contributed by atoms with Crippen LogP contribution in [0.15, 0.2) is 12.3 Å². The number of rotatable bonds is 1. The minimum Gasteiger partial charge on any atom is -0.339 e. The van der Waals surface area contributed by atoms with Gasteiger partial charge in [-0.05, 0) is 41.5 Å². The summed E-state index contributed by atoms with van der Waals surface area (Å²) in [6, 6.07) is 4.79. The lowest BCUT2D eigenvalue weighted by atomic mass is 9.95. The summed E-state index contributed by atoms with van der Waals surface area (Å²) in [7, 11) is 0. The highest BCUT2D eigenvalue weighted by atomic mass is 127. The van der Waals surface area contributed by atoms with Crippen LogP contribution in [0.1, 0.15) is 43.7 Å². The summed E-state index contributed by atoms with van der Waals surface area (Å²) < 4.78 is 3.38. The van der Waals surface area contributed by atoms with Gasteiger partial charge in [-0.2, -0.15) is 5.26 Å². The van der Waals surface area contributed by atoms with Gasteiger partial charge < -0.3 is 4.57 Å². The summed E-state index contributed by atoms with van der Waals surface area (Å²) in [4.78, 5) is 0. The molecule has 0 amide bonds. The zero-order valence-electron chi connectivity index (χ0n) is 8.04. The third kappa shape index (κ3) is 1.81. The molecule has 3 heteroatoms. The van der Waals surface area contributed by atoms with E-state index in [2.05, 4.69) is 39.4 Å². The number of aromatic nitrogens is 1. The lowest BCUT2D eigenvalue weighted by Crippen LogP contribution is -2.13. The zero-order valence-corrected chi connectivity index (χ0v) is 10.2. The van der Waals surface area contributed by atoms with E-state index in [0.717, 1.165) is 9.26 Å². The van der Waals surface area contributed by atoms with Gasteiger partial charge in [-0.3, -0.25) is 0 Å². The second kappa shape index (κ2) is 4.35. The van der Waals surface area contributed by atoms with E-state index in [-0.39, 0.29) is 0 Å². The molecule has 0 spiro atoms. The van der Waals surface area contributed by atoms with Crippen LogP contribution in [0.5, 0.6) is 0 Å². The molecular formula is C11H13IN2. The van der Waals surface area contributed by atoms with Gasteiger partial charge in [-0.25, -0.2) is 0 Å². The molecule has 1 aromatic rings. The van der Waals surface area contributed by atoms with Gasteiger partial charge in [-0.15, -0.1) is 0 Å². The largest absolute Gasteiger partial charge is 0.339 e. The minimum atomic E-state index is 0.637. The van der Waals surface area contributed by atoms with Crippen LogP contribution in [0.2, 0.25) is 0 Å². The molecule has 0 aliphatic heterocycles. The van der Waals surface area contributed by atoms with E-state index in [1.165, 1.54) is 32.1 Å². The Morgan fingerprint density at radius 2 is 2.07 bits per heavy atom. The Kier molecular flexibility index (Phi) is 3.12. The highest BCUT2D eigenvalue weighted by Gasteiger charge is 2.17. The van der Waals surface area contributed by atoms with Gasteiger partial charge in [0, 0.05) is 12.2 Å². The summed E-state index contributed by atoms with van der Waals surface area (Å²) >= 11 is 2.28. The molecule has 0 radical (unpaired) electrons. The highest BCUT2D eigenvalue weighted by Crippen LogP contribution is 2.30. The first-order valence-electron chi connectivity index (χ1n) is 5.09. The van der Waals surface area contributed by atoms with Crippen LogP contribution in [0, 0.1) is 15.0 Å². The quantitative estimate of drug-likeness (QED) is 0.730. The maximum Gasteiger partial charge on any atom is 0.102 e. The molecule has 2 rings (SSSR count). The third-order valence-corrected chi connectivity index (χ3v) is 4.08. The van der Waals surface area contributed by atoms with E-state index in [0.29, 0.717) is 6.04 Å². The van der Waals surface area contributed by atoms with Gasteiger partial charge in [0.2, 0.25) is 0 Å². The van der Waals surface area contributed by atoms with Crippen LogP contribution in [0.4, 0.5) is 0 Å². The third-order valence-electron chi connectivity index (χ3n) is 2.94. The molecule has 0 unspecified atom stereocenters. The number of halogens is 1. The molecule has 14 heavy (non-hydrogen) atoms. The van der Waals surface area contributed by atoms with Gasteiger partial charge in [0.25, 0.3) is 0 Å². The second-order valence-electron chi connectivity index (χ2n) is 3.83. The Labute approximate surface area is 98.1 Å². The summed E-state index contributed by atoms with van der Waals surface area (Å²) in [5, 5.41) is 8.86. The molecule has 1 aromatic heterocycles. The molecule has 1 heterocycles. The van der Waals surface area contributed by atoms with Crippen molar-refractivity contribution in [3.05, 3.63) is 21.5 Å². The smallest absolute Gasteiger partial charge is 0.102 e. The molecule has 0 aromatic carbocycles. The molecule has 0 bridgehead atoms. The molecule has 0 atom stereocenters. The van der Waals surface area contributed by atoms with Crippen molar-refractivity contribution in [2.45, 2.75) is 38.1 Å². The minimum absolute atomic E-state index is 0.637. The molecule has 74 valence electrons. The highest BCUT2D eigenvalue weighted by molar-refractivity contribution is 14.1. The van der Waals surface area contributed by atoms with Crippen molar-refractivity contribution < 1.29 is 0 Å². The number of nitriles is 1. The molecule has 2 nitrogen and oxygen atoms in total. The Balaban J connectivity index is 2.23. The van der Waals surface area contributed by atoms with E-state index < -0.39 is 0 Å². The standard InChI is InChI=1S/C11H13IN2/c12-11-9(8-13)6-7-14(11)10-4-2-1-3-5-10/h6-7,10H,1-5H2. The Hall–Kier alpha value is -0.500. The van der Waals surface area contributed by atoms with Gasteiger partial charge in [0.1, 0.15) is 6.07 Å². The predicted octanol–water partition coefficient (Wildman–Crippen LogP) is 3.47. The first-order chi connectivity index (χ1) is 6.83. The number of nitrogens with zero attached hydrogens (tertiary/aromatic N) is 2. The van der Waals surface area contributed by atoms with Gasteiger partial charge in [-0.1, -0.05) is 19.3 Å². The SMILES string of the molecule is N#Cc1ccn(C2CCCCC2)c1I. The topological polar surface area (TPSA) is 28.7 Å². The van der Waals surface area contributed by atoms with Gasteiger partial charge in [0.05, 0.1) is 9.26 Å². The predicted molar refractivity (Wildman–Crippen MR) is 64.0 cm³/mol. The fourth-order valence-corrected chi connectivity index (χ4v) is 3.01. The maximum atomic E-state index is 8.86. The van der Waals surface area contributed by atoms with Crippen molar-refractivity contribution >= 4 is 22.6 Å². The van der Waals surface area contributed by atoms with Gasteiger partial charge >= 0.3 is 0 Å². The Bertz CT molecular complexity index is 356. The lowest BCUT2D eigenvalue weighted by molar-refractivity contribution is 0.350. The van der Waals surface area contributed by atoms with Crippen LogP contribution in [-0.2, 0) is 0 Å². The van der Waals surface area contributed by atoms with E-state index in [9.17, 15) is 0 Å². The van der Waals surface area contributed by atoms with Gasteiger partial charge in [0.15, 0.2) is 0 Å². The Morgan fingerprint density at radius 1 is 1.36 bits per heavy atom. The molecule has 1 fully saturated rings. The molecule has 0 saturated heterocycles. The van der Waals surface area contributed by atoms with Crippen LogP contribution in [0.25, 0.3) is 0 Å². The molecule has 1 saturated carbocycles. The number of hydrogen-bond acceptors (Lipinski definition) is 1. The zero-order chi connectivity index (χ0) is 9.97. The summed E-state index contributed by atoms with van der Waals surface area (Å²) in [5.41, 5.74) is 0.816. The van der Waals surface area contributed by atoms with E-state index >= 15 is 0 Å². The molecular weight excluding hydrogens is 287 g/mol. The summed E-state index contributed by atoms with van der Waals surface area (Å²) in [5.74, 6) is 0.